The van der Waals surface area contributed by atoms with Crippen LogP contribution in [0, 0.1) is 17.8 Å². The minimum absolute atomic E-state index is 0.0306. The summed E-state index contributed by atoms with van der Waals surface area (Å²) in [5.74, 6) is -0.0634. The average Bonchev–Trinajstić information content (AvgIpc) is 3.05. The van der Waals surface area contributed by atoms with E-state index in [1.807, 2.05) is 0 Å². The van der Waals surface area contributed by atoms with E-state index in [2.05, 4.69) is 15.2 Å². The van der Waals surface area contributed by atoms with E-state index in [0.717, 1.165) is 12.8 Å². The predicted octanol–water partition coefficient (Wildman–Crippen LogP) is 0.960. The Morgan fingerprint density at radius 1 is 1.38 bits per heavy atom. The largest absolute Gasteiger partial charge is 0.481 e. The molecule has 1 amide bonds. The Kier molecular flexibility index (Phi) is 3.84. The molecule has 7 nitrogen and oxygen atoms in total. The van der Waals surface area contributed by atoms with Crippen molar-refractivity contribution in [1.29, 1.82) is 0 Å². The highest BCUT2D eigenvalue weighted by atomic mass is 35.5. The molecule has 0 unspecified atom stereocenters. The number of nitrogens with zero attached hydrogens (tertiary/aromatic N) is 3. The molecule has 3 rings (SSSR count). The number of likely N-dealkylation sites (tertiary alicyclic amines) is 1. The van der Waals surface area contributed by atoms with Crippen LogP contribution in [0.5, 0.6) is 0 Å². The van der Waals surface area contributed by atoms with E-state index in [-0.39, 0.29) is 23.5 Å². The summed E-state index contributed by atoms with van der Waals surface area (Å²) in [6, 6.07) is 0. The first kappa shape index (κ1) is 14.3. The number of hydrogen-bond acceptors (Lipinski definition) is 4. The minimum atomic E-state index is -0.788. The molecule has 2 N–H and O–H groups in total. The van der Waals surface area contributed by atoms with Crippen LogP contribution in [-0.2, 0) is 16.0 Å². The zero-order chi connectivity index (χ0) is 15.0. The molecule has 1 saturated heterocycles. The molecule has 21 heavy (non-hydrogen) atoms. The van der Waals surface area contributed by atoms with Gasteiger partial charge in [0.15, 0.2) is 0 Å². The second kappa shape index (κ2) is 5.63. The number of aryl methyl sites for hydroxylation is 1. The fourth-order valence-corrected chi connectivity index (χ4v) is 3.21. The van der Waals surface area contributed by atoms with Crippen LogP contribution in [0.15, 0.2) is 0 Å². The van der Waals surface area contributed by atoms with E-state index in [1.54, 1.807) is 4.90 Å². The monoisotopic (exact) mass is 312 g/mol. The molecule has 2 heterocycles. The van der Waals surface area contributed by atoms with Crippen LogP contribution in [0.4, 0.5) is 0 Å². The Bertz CT molecular complexity index is 557. The van der Waals surface area contributed by atoms with Crippen molar-refractivity contribution in [2.45, 2.75) is 25.7 Å². The van der Waals surface area contributed by atoms with E-state index in [0.29, 0.717) is 31.3 Å². The quantitative estimate of drug-likeness (QED) is 0.843. The highest BCUT2D eigenvalue weighted by Crippen LogP contribution is 2.44. The van der Waals surface area contributed by atoms with Gasteiger partial charge in [-0.25, -0.2) is 4.98 Å². The number of carboxylic acids is 1. The Hall–Kier alpha value is -1.63. The zero-order valence-electron chi connectivity index (χ0n) is 11.5. The van der Waals surface area contributed by atoms with Crippen LogP contribution in [0.1, 0.15) is 25.1 Å². The van der Waals surface area contributed by atoms with Crippen molar-refractivity contribution in [3.63, 3.8) is 0 Å². The molecule has 0 spiro atoms. The predicted molar refractivity (Wildman–Crippen MR) is 73.6 cm³/mol. The molecule has 2 fully saturated rings. The molecule has 2 aliphatic rings. The van der Waals surface area contributed by atoms with Crippen molar-refractivity contribution in [2.75, 3.05) is 13.1 Å². The van der Waals surface area contributed by atoms with Gasteiger partial charge in [0.05, 0.1) is 5.92 Å². The van der Waals surface area contributed by atoms with Crippen molar-refractivity contribution in [3.05, 3.63) is 11.1 Å². The molecule has 1 aliphatic carbocycles. The number of aromatic nitrogens is 3. The van der Waals surface area contributed by atoms with Gasteiger partial charge in [0, 0.05) is 25.9 Å². The highest BCUT2D eigenvalue weighted by molar-refractivity contribution is 6.28. The Labute approximate surface area is 126 Å². The van der Waals surface area contributed by atoms with Crippen LogP contribution < -0.4 is 0 Å². The molecule has 1 saturated carbocycles. The number of H-pyrrole nitrogens is 1. The van der Waals surface area contributed by atoms with Crippen LogP contribution in [0.2, 0.25) is 5.28 Å². The lowest BCUT2D eigenvalue weighted by atomic mass is 9.92. The third kappa shape index (κ3) is 3.18. The first-order valence-corrected chi connectivity index (χ1v) is 7.49. The number of carbonyl (C=O) groups is 2. The van der Waals surface area contributed by atoms with Crippen molar-refractivity contribution >= 4 is 23.5 Å². The first-order valence-electron chi connectivity index (χ1n) is 7.12. The van der Waals surface area contributed by atoms with Crippen LogP contribution >= 0.6 is 11.6 Å². The topological polar surface area (TPSA) is 99.2 Å². The van der Waals surface area contributed by atoms with Gasteiger partial charge in [0.2, 0.25) is 11.2 Å². The lowest BCUT2D eigenvalue weighted by molar-refractivity contribution is -0.142. The van der Waals surface area contributed by atoms with Gasteiger partial charge in [0.25, 0.3) is 0 Å². The summed E-state index contributed by atoms with van der Waals surface area (Å²) < 4.78 is 0. The summed E-state index contributed by atoms with van der Waals surface area (Å²) in [5.41, 5.74) is 0. The standard InChI is InChI=1S/C13H17ClN4O3/c14-13-15-10(16-17-13)3-4-11(19)18-5-8(7-1-2-7)9(6-18)12(20)21/h7-9H,1-6H2,(H,20,21)(H,15,16,17)/t8-,9+/m0/s1. The summed E-state index contributed by atoms with van der Waals surface area (Å²) in [6.45, 7) is 0.893. The lowest BCUT2D eigenvalue weighted by Gasteiger charge is -2.15. The number of rotatable bonds is 5. The van der Waals surface area contributed by atoms with Gasteiger partial charge >= 0.3 is 5.97 Å². The van der Waals surface area contributed by atoms with Gasteiger partial charge in [0.1, 0.15) is 5.82 Å². The molecule has 1 aromatic rings. The molecule has 0 radical (unpaired) electrons. The second-order valence-corrected chi connectivity index (χ2v) is 6.13. The van der Waals surface area contributed by atoms with E-state index in [4.69, 9.17) is 11.6 Å². The number of amides is 1. The Morgan fingerprint density at radius 3 is 2.71 bits per heavy atom. The summed E-state index contributed by atoms with van der Waals surface area (Å²) in [5, 5.41) is 15.8. The molecule has 1 aliphatic heterocycles. The van der Waals surface area contributed by atoms with E-state index in [9.17, 15) is 14.7 Å². The van der Waals surface area contributed by atoms with Crippen molar-refractivity contribution in [3.8, 4) is 0 Å². The second-order valence-electron chi connectivity index (χ2n) is 5.80. The van der Waals surface area contributed by atoms with E-state index in [1.165, 1.54) is 0 Å². The van der Waals surface area contributed by atoms with E-state index < -0.39 is 11.9 Å². The highest BCUT2D eigenvalue weighted by Gasteiger charge is 2.46. The Balaban J connectivity index is 1.56. The number of carbonyl (C=O) groups excluding carboxylic acids is 1. The molecule has 8 heteroatoms. The minimum Gasteiger partial charge on any atom is -0.481 e. The third-order valence-corrected chi connectivity index (χ3v) is 4.51. The molecule has 2 atom stereocenters. The van der Waals surface area contributed by atoms with Gasteiger partial charge in [-0.2, -0.15) is 0 Å². The number of aliphatic carboxylic acids is 1. The maximum Gasteiger partial charge on any atom is 0.308 e. The SMILES string of the molecule is O=C(O)[C@@H]1CN(C(=O)CCc2nc(Cl)n[nH]2)C[C@H]1C1CC1. The first-order chi connectivity index (χ1) is 10.0. The molecule has 0 bridgehead atoms. The summed E-state index contributed by atoms with van der Waals surface area (Å²) in [7, 11) is 0. The summed E-state index contributed by atoms with van der Waals surface area (Å²) in [6.07, 6.45) is 2.90. The zero-order valence-corrected chi connectivity index (χ0v) is 12.2. The molecule has 1 aromatic heterocycles. The summed E-state index contributed by atoms with van der Waals surface area (Å²) in [4.78, 5) is 29.2. The van der Waals surface area contributed by atoms with Crippen LogP contribution in [0.25, 0.3) is 0 Å². The van der Waals surface area contributed by atoms with Gasteiger partial charge in [-0.05, 0) is 36.3 Å². The Morgan fingerprint density at radius 2 is 2.14 bits per heavy atom. The number of hydrogen-bond donors (Lipinski definition) is 2. The number of halogens is 1. The normalized spacial score (nSPS) is 25.3. The van der Waals surface area contributed by atoms with Gasteiger partial charge < -0.3 is 10.0 Å². The molecular weight excluding hydrogens is 296 g/mol. The van der Waals surface area contributed by atoms with Crippen LogP contribution in [0.3, 0.4) is 0 Å². The summed E-state index contributed by atoms with van der Waals surface area (Å²) >= 11 is 5.60. The van der Waals surface area contributed by atoms with Gasteiger partial charge in [-0.3, -0.25) is 14.7 Å². The average molecular weight is 313 g/mol. The van der Waals surface area contributed by atoms with Crippen molar-refractivity contribution in [1.82, 2.24) is 20.1 Å². The van der Waals surface area contributed by atoms with E-state index >= 15 is 0 Å². The van der Waals surface area contributed by atoms with Gasteiger partial charge in [-0.15, -0.1) is 5.10 Å². The van der Waals surface area contributed by atoms with Gasteiger partial charge in [-0.1, -0.05) is 0 Å². The van der Waals surface area contributed by atoms with Crippen molar-refractivity contribution in [2.24, 2.45) is 17.8 Å². The molecular formula is C13H17ClN4O3. The number of aromatic amines is 1. The molecule has 0 aromatic carbocycles. The lowest BCUT2D eigenvalue weighted by Crippen LogP contribution is -2.30. The smallest absolute Gasteiger partial charge is 0.308 e. The number of carboxylic acid groups (broad SMARTS) is 1. The van der Waals surface area contributed by atoms with Crippen molar-refractivity contribution < 1.29 is 14.7 Å². The fourth-order valence-electron chi connectivity index (χ4n) is 3.06. The maximum absolute atomic E-state index is 12.2. The fraction of sp³-hybridized carbons (Fsp3) is 0.692. The third-order valence-electron chi connectivity index (χ3n) is 4.34. The molecule has 114 valence electrons. The maximum atomic E-state index is 12.2. The van der Waals surface area contributed by atoms with Crippen LogP contribution in [-0.4, -0.2) is 50.2 Å². The number of nitrogens with one attached hydrogen (secondary N) is 1.